The molecule has 6 heteroatoms. The van der Waals surface area contributed by atoms with Crippen LogP contribution < -0.4 is 11.1 Å². The van der Waals surface area contributed by atoms with Crippen LogP contribution in [0.5, 0.6) is 0 Å². The number of aryl methyl sites for hydroxylation is 1. The number of hydrogen-bond donors (Lipinski definition) is 1. The molecule has 2 fully saturated rings. The zero-order chi connectivity index (χ0) is 16.1. The van der Waals surface area contributed by atoms with Crippen LogP contribution in [0.2, 0.25) is 0 Å². The number of amides is 2. The Kier molecular flexibility index (Phi) is 3.21. The van der Waals surface area contributed by atoms with Crippen LogP contribution in [-0.4, -0.2) is 27.6 Å². The smallest absolute Gasteiger partial charge is 0.408 e. The molecule has 2 aliphatic carbocycles. The topological polar surface area (TPSA) is 67.5 Å². The lowest BCUT2D eigenvalue weighted by Crippen LogP contribution is -2.44. The number of aromatic nitrogens is 1. The van der Waals surface area contributed by atoms with Crippen LogP contribution in [0.1, 0.15) is 32.6 Å². The summed E-state index contributed by atoms with van der Waals surface area (Å²) in [6.07, 6.45) is 4.63. The summed E-state index contributed by atoms with van der Waals surface area (Å²) in [5.41, 5.74) is 1.87. The molecule has 1 aromatic carbocycles. The number of rotatable bonds is 4. The molecule has 1 N–H and O–H groups in total. The Bertz CT molecular complexity index is 814. The third-order valence-corrected chi connectivity index (χ3v) is 4.96. The van der Waals surface area contributed by atoms with Gasteiger partial charge in [-0.05, 0) is 50.7 Å². The zero-order valence-corrected chi connectivity index (χ0v) is 13.4. The van der Waals surface area contributed by atoms with E-state index in [1.165, 1.54) is 17.4 Å². The predicted octanol–water partition coefficient (Wildman–Crippen LogP) is 2.93. The summed E-state index contributed by atoms with van der Waals surface area (Å²) in [7, 11) is 1.67. The average molecular weight is 315 g/mol. The van der Waals surface area contributed by atoms with E-state index >= 15 is 0 Å². The summed E-state index contributed by atoms with van der Waals surface area (Å²) >= 11 is 0. The molecule has 0 bridgehead atoms. The first-order chi connectivity index (χ1) is 11.0. The van der Waals surface area contributed by atoms with Gasteiger partial charge in [0, 0.05) is 30.9 Å². The molecular weight excluding hydrogens is 294 g/mol. The van der Waals surface area contributed by atoms with Crippen LogP contribution in [0.3, 0.4) is 0 Å². The molecule has 0 spiro atoms. The van der Waals surface area contributed by atoms with Gasteiger partial charge in [0.2, 0.25) is 0 Å². The number of nitrogens with one attached hydrogen (secondary N) is 1. The molecule has 122 valence electrons. The molecule has 2 aromatic rings. The third kappa shape index (κ3) is 2.62. The minimum absolute atomic E-state index is 0.0514. The maximum Gasteiger partial charge on any atom is 0.419 e. The zero-order valence-electron chi connectivity index (χ0n) is 13.4. The van der Waals surface area contributed by atoms with E-state index in [-0.39, 0.29) is 6.03 Å². The van der Waals surface area contributed by atoms with E-state index in [1.54, 1.807) is 19.2 Å². The molecule has 1 atom stereocenters. The molecule has 1 heterocycles. The molecule has 1 unspecified atom stereocenters. The lowest BCUT2D eigenvalue weighted by Gasteiger charge is -2.29. The summed E-state index contributed by atoms with van der Waals surface area (Å²) in [4.78, 5) is 26.2. The predicted molar refractivity (Wildman–Crippen MR) is 87.5 cm³/mol. The second-order valence-corrected chi connectivity index (χ2v) is 6.76. The van der Waals surface area contributed by atoms with Gasteiger partial charge in [-0.1, -0.05) is 0 Å². The second-order valence-electron chi connectivity index (χ2n) is 6.76. The normalized spacial score (nSPS) is 18.9. The molecule has 4 rings (SSSR count). The van der Waals surface area contributed by atoms with Crippen LogP contribution in [0.25, 0.3) is 11.1 Å². The Morgan fingerprint density at radius 1 is 1.35 bits per heavy atom. The summed E-state index contributed by atoms with van der Waals surface area (Å²) in [6.45, 7) is 2.15. The number of hydrogen-bond acceptors (Lipinski definition) is 3. The molecule has 0 aliphatic heterocycles. The summed E-state index contributed by atoms with van der Waals surface area (Å²) < 4.78 is 6.63. The summed E-state index contributed by atoms with van der Waals surface area (Å²) in [6, 6.07) is 5.93. The van der Waals surface area contributed by atoms with Gasteiger partial charge in [-0.3, -0.25) is 4.57 Å². The van der Waals surface area contributed by atoms with E-state index in [0.717, 1.165) is 18.4 Å². The van der Waals surface area contributed by atoms with Crippen LogP contribution in [-0.2, 0) is 7.05 Å². The van der Waals surface area contributed by atoms with Gasteiger partial charge >= 0.3 is 11.8 Å². The molecule has 1 aromatic heterocycles. The third-order valence-electron chi connectivity index (χ3n) is 4.96. The van der Waals surface area contributed by atoms with Crippen LogP contribution >= 0.6 is 0 Å². The highest BCUT2D eigenvalue weighted by Gasteiger charge is 2.41. The van der Waals surface area contributed by atoms with E-state index in [0.29, 0.717) is 29.3 Å². The van der Waals surface area contributed by atoms with Crippen molar-refractivity contribution in [2.24, 2.45) is 13.0 Å². The minimum atomic E-state index is -0.398. The van der Waals surface area contributed by atoms with Crippen LogP contribution in [0.15, 0.2) is 27.4 Å². The molecule has 23 heavy (non-hydrogen) atoms. The summed E-state index contributed by atoms with van der Waals surface area (Å²) in [5.74, 6) is 0.251. The van der Waals surface area contributed by atoms with Crippen molar-refractivity contribution in [3.05, 3.63) is 28.7 Å². The van der Waals surface area contributed by atoms with E-state index in [2.05, 4.69) is 12.2 Å². The SMILES string of the molecule is CC(C1CC1)N(C(=O)Nc1ccc2c(c1)oc(=O)n2C)C1CC1. The Morgan fingerprint density at radius 2 is 2.09 bits per heavy atom. The number of benzene rings is 1. The standard InChI is InChI=1S/C17H21N3O3/c1-10(11-3-4-11)20(13-6-7-13)16(21)18-12-5-8-14-15(9-12)23-17(22)19(14)2/h5,8-11,13H,3-4,6-7H2,1-2H3,(H,18,21). The Labute approximate surface area is 134 Å². The van der Waals surface area contributed by atoms with E-state index in [9.17, 15) is 9.59 Å². The first-order valence-corrected chi connectivity index (χ1v) is 8.23. The minimum Gasteiger partial charge on any atom is -0.408 e. The number of fused-ring (bicyclic) bond motifs is 1. The molecule has 2 aliphatic rings. The van der Waals surface area contributed by atoms with E-state index in [4.69, 9.17) is 4.42 Å². The monoisotopic (exact) mass is 315 g/mol. The quantitative estimate of drug-likeness (QED) is 0.943. The highest BCUT2D eigenvalue weighted by Crippen LogP contribution is 2.40. The highest BCUT2D eigenvalue weighted by molar-refractivity contribution is 5.92. The number of anilines is 1. The van der Waals surface area contributed by atoms with Crippen molar-refractivity contribution in [1.29, 1.82) is 0 Å². The molecule has 0 radical (unpaired) electrons. The molecule has 0 saturated heterocycles. The highest BCUT2D eigenvalue weighted by atomic mass is 16.4. The van der Waals surface area contributed by atoms with Gasteiger partial charge in [-0.15, -0.1) is 0 Å². The van der Waals surface area contributed by atoms with Gasteiger partial charge in [-0.25, -0.2) is 9.59 Å². The van der Waals surface area contributed by atoms with Crippen LogP contribution in [0, 0.1) is 5.92 Å². The van der Waals surface area contributed by atoms with Gasteiger partial charge < -0.3 is 14.6 Å². The first kappa shape index (κ1) is 14.4. The number of carbonyl (C=O) groups is 1. The number of urea groups is 1. The Balaban J connectivity index is 1.56. The van der Waals surface area contributed by atoms with Crippen molar-refractivity contribution >= 4 is 22.8 Å². The molecular formula is C17H21N3O3. The van der Waals surface area contributed by atoms with Crippen molar-refractivity contribution in [2.45, 2.75) is 44.7 Å². The molecule has 2 saturated carbocycles. The van der Waals surface area contributed by atoms with Crippen molar-refractivity contribution < 1.29 is 9.21 Å². The fraction of sp³-hybridized carbons (Fsp3) is 0.529. The number of nitrogens with zero attached hydrogens (tertiary/aromatic N) is 2. The Morgan fingerprint density at radius 3 is 2.74 bits per heavy atom. The van der Waals surface area contributed by atoms with Gasteiger partial charge in [0.1, 0.15) is 0 Å². The fourth-order valence-corrected chi connectivity index (χ4v) is 3.24. The van der Waals surface area contributed by atoms with Gasteiger partial charge in [0.15, 0.2) is 5.58 Å². The van der Waals surface area contributed by atoms with Crippen molar-refractivity contribution in [2.75, 3.05) is 5.32 Å². The maximum absolute atomic E-state index is 12.7. The number of carbonyl (C=O) groups excluding carboxylic acids is 1. The van der Waals surface area contributed by atoms with Crippen LogP contribution in [0.4, 0.5) is 10.5 Å². The Hall–Kier alpha value is -2.24. The van der Waals surface area contributed by atoms with Gasteiger partial charge in [0.05, 0.1) is 5.52 Å². The second kappa shape index (κ2) is 5.15. The molecule has 2 amide bonds. The van der Waals surface area contributed by atoms with Gasteiger partial charge in [-0.2, -0.15) is 0 Å². The lowest BCUT2D eigenvalue weighted by molar-refractivity contribution is 0.180. The number of oxazole rings is 1. The van der Waals surface area contributed by atoms with Crippen molar-refractivity contribution in [1.82, 2.24) is 9.47 Å². The first-order valence-electron chi connectivity index (χ1n) is 8.23. The maximum atomic E-state index is 12.7. The average Bonchev–Trinajstić information content (AvgIpc) is 3.40. The lowest BCUT2D eigenvalue weighted by atomic mass is 10.2. The van der Waals surface area contributed by atoms with Crippen molar-refractivity contribution in [3.63, 3.8) is 0 Å². The summed E-state index contributed by atoms with van der Waals surface area (Å²) in [5, 5.41) is 2.96. The molecule has 6 nitrogen and oxygen atoms in total. The van der Waals surface area contributed by atoms with Crippen molar-refractivity contribution in [3.8, 4) is 0 Å². The fourth-order valence-electron chi connectivity index (χ4n) is 3.24. The largest absolute Gasteiger partial charge is 0.419 e. The van der Waals surface area contributed by atoms with Gasteiger partial charge in [0.25, 0.3) is 0 Å². The van der Waals surface area contributed by atoms with E-state index < -0.39 is 5.76 Å². The van der Waals surface area contributed by atoms with E-state index in [1.807, 2.05) is 11.0 Å².